The molecule has 0 heterocycles. The Kier molecular flexibility index (Phi) is 3.40. The van der Waals surface area contributed by atoms with Crippen LogP contribution in [0.5, 0.6) is 5.75 Å². The van der Waals surface area contributed by atoms with Crippen molar-refractivity contribution in [3.8, 4) is 5.75 Å². The van der Waals surface area contributed by atoms with Crippen LogP contribution in [0.15, 0.2) is 24.3 Å². The molecule has 0 aliphatic rings. The van der Waals surface area contributed by atoms with Crippen molar-refractivity contribution in [2.24, 2.45) is 5.73 Å². The Morgan fingerprint density at radius 1 is 1.46 bits per heavy atom. The standard InChI is InChI=1S/C9H9NO2S/c10-9(13)6-12-8-3-1-7(5-11)2-4-8/h1-5H,6H2,(H2,10,13). The van der Waals surface area contributed by atoms with Gasteiger partial charge in [-0.1, -0.05) is 12.2 Å². The number of thiocarbonyl (C=S) groups is 1. The molecule has 2 N–H and O–H groups in total. The van der Waals surface area contributed by atoms with E-state index in [0.29, 0.717) is 16.3 Å². The molecule has 1 rings (SSSR count). The molecule has 3 nitrogen and oxygen atoms in total. The van der Waals surface area contributed by atoms with Gasteiger partial charge >= 0.3 is 0 Å². The summed E-state index contributed by atoms with van der Waals surface area (Å²) < 4.78 is 5.18. The summed E-state index contributed by atoms with van der Waals surface area (Å²) in [7, 11) is 0. The topological polar surface area (TPSA) is 52.3 Å². The van der Waals surface area contributed by atoms with E-state index in [4.69, 9.17) is 10.5 Å². The molecule has 13 heavy (non-hydrogen) atoms. The zero-order chi connectivity index (χ0) is 9.68. The van der Waals surface area contributed by atoms with Crippen LogP contribution in [0.3, 0.4) is 0 Å². The van der Waals surface area contributed by atoms with Crippen LogP contribution in [-0.4, -0.2) is 17.9 Å². The number of rotatable bonds is 4. The van der Waals surface area contributed by atoms with Crippen LogP contribution >= 0.6 is 12.2 Å². The van der Waals surface area contributed by atoms with E-state index < -0.39 is 0 Å². The van der Waals surface area contributed by atoms with Gasteiger partial charge in [0.1, 0.15) is 23.6 Å². The first kappa shape index (κ1) is 9.67. The van der Waals surface area contributed by atoms with E-state index in [1.54, 1.807) is 24.3 Å². The SMILES string of the molecule is NC(=S)COc1ccc(C=O)cc1. The highest BCUT2D eigenvalue weighted by atomic mass is 32.1. The van der Waals surface area contributed by atoms with Crippen molar-refractivity contribution in [2.45, 2.75) is 0 Å². The largest absolute Gasteiger partial charge is 0.487 e. The summed E-state index contributed by atoms with van der Waals surface area (Å²) in [5.74, 6) is 0.651. The fourth-order valence-corrected chi connectivity index (χ4v) is 0.856. The lowest BCUT2D eigenvalue weighted by Crippen LogP contribution is -2.17. The predicted molar refractivity (Wildman–Crippen MR) is 54.1 cm³/mol. The van der Waals surface area contributed by atoms with Crippen LogP contribution in [0, 0.1) is 0 Å². The highest BCUT2D eigenvalue weighted by molar-refractivity contribution is 7.80. The van der Waals surface area contributed by atoms with E-state index in [0.717, 1.165) is 6.29 Å². The minimum Gasteiger partial charge on any atom is -0.487 e. The van der Waals surface area contributed by atoms with Crippen molar-refractivity contribution in [1.82, 2.24) is 0 Å². The second-order valence-electron chi connectivity index (χ2n) is 2.44. The van der Waals surface area contributed by atoms with Crippen LogP contribution in [0.1, 0.15) is 10.4 Å². The van der Waals surface area contributed by atoms with Crippen LogP contribution in [0.2, 0.25) is 0 Å². The Bertz CT molecular complexity index is 308. The third-order valence-corrected chi connectivity index (χ3v) is 1.52. The molecule has 0 spiro atoms. The summed E-state index contributed by atoms with van der Waals surface area (Å²) in [5, 5.41) is 0. The number of carbonyl (C=O) groups excluding carboxylic acids is 1. The minimum absolute atomic E-state index is 0.218. The molecule has 4 heteroatoms. The number of ether oxygens (including phenoxy) is 1. The summed E-state index contributed by atoms with van der Waals surface area (Å²) in [4.78, 5) is 10.6. The zero-order valence-electron chi connectivity index (χ0n) is 6.90. The van der Waals surface area contributed by atoms with E-state index in [2.05, 4.69) is 12.2 Å². The first-order valence-corrected chi connectivity index (χ1v) is 4.09. The van der Waals surface area contributed by atoms with Gasteiger partial charge in [-0.25, -0.2) is 0 Å². The molecule has 0 saturated heterocycles. The minimum atomic E-state index is 0.218. The lowest BCUT2D eigenvalue weighted by molar-refractivity contribution is 0.112. The number of carbonyl (C=O) groups is 1. The third-order valence-electron chi connectivity index (χ3n) is 1.40. The van der Waals surface area contributed by atoms with Crippen molar-refractivity contribution in [2.75, 3.05) is 6.61 Å². The molecule has 0 atom stereocenters. The zero-order valence-corrected chi connectivity index (χ0v) is 7.71. The number of hydrogen-bond acceptors (Lipinski definition) is 3. The molecule has 0 fully saturated rings. The van der Waals surface area contributed by atoms with E-state index in [1.165, 1.54) is 0 Å². The lowest BCUT2D eigenvalue weighted by Gasteiger charge is -2.03. The van der Waals surface area contributed by atoms with Crippen LogP contribution in [0.25, 0.3) is 0 Å². The summed E-state index contributed by atoms with van der Waals surface area (Å²) in [6.45, 7) is 0.218. The maximum absolute atomic E-state index is 10.3. The van der Waals surface area contributed by atoms with E-state index in [1.807, 2.05) is 0 Å². The Hall–Kier alpha value is -1.42. The van der Waals surface area contributed by atoms with Crippen LogP contribution in [-0.2, 0) is 0 Å². The molecule has 0 unspecified atom stereocenters. The molecule has 68 valence electrons. The van der Waals surface area contributed by atoms with Crippen molar-refractivity contribution >= 4 is 23.5 Å². The van der Waals surface area contributed by atoms with Gasteiger partial charge in [-0.15, -0.1) is 0 Å². The van der Waals surface area contributed by atoms with Gasteiger partial charge < -0.3 is 10.5 Å². The van der Waals surface area contributed by atoms with Gasteiger partial charge in [-0.2, -0.15) is 0 Å². The molecule has 0 aliphatic carbocycles. The molecule has 1 aromatic rings. The number of nitrogens with two attached hydrogens (primary N) is 1. The van der Waals surface area contributed by atoms with Crippen LogP contribution < -0.4 is 10.5 Å². The Labute approximate surface area is 81.5 Å². The summed E-state index contributed by atoms with van der Waals surface area (Å²) in [5.41, 5.74) is 5.86. The number of benzene rings is 1. The van der Waals surface area contributed by atoms with E-state index in [9.17, 15) is 4.79 Å². The van der Waals surface area contributed by atoms with Gasteiger partial charge in [0, 0.05) is 5.56 Å². The predicted octanol–water partition coefficient (Wildman–Crippen LogP) is 1.16. The summed E-state index contributed by atoms with van der Waals surface area (Å²) in [6.07, 6.45) is 0.775. The van der Waals surface area contributed by atoms with Gasteiger partial charge in [-0.05, 0) is 24.3 Å². The maximum atomic E-state index is 10.3. The quantitative estimate of drug-likeness (QED) is 0.578. The molecule has 0 aliphatic heterocycles. The Morgan fingerprint density at radius 2 is 2.08 bits per heavy atom. The average Bonchev–Trinajstić information content (AvgIpc) is 2.15. The normalized spacial score (nSPS) is 9.23. The molecule has 0 amide bonds. The van der Waals surface area contributed by atoms with Crippen molar-refractivity contribution in [1.29, 1.82) is 0 Å². The van der Waals surface area contributed by atoms with Gasteiger partial charge in [0.15, 0.2) is 0 Å². The third kappa shape index (κ3) is 3.21. The fraction of sp³-hybridized carbons (Fsp3) is 0.111. The van der Waals surface area contributed by atoms with Gasteiger partial charge in [0.2, 0.25) is 0 Å². The van der Waals surface area contributed by atoms with Crippen molar-refractivity contribution < 1.29 is 9.53 Å². The molecule has 0 radical (unpaired) electrons. The number of aldehydes is 1. The Balaban J connectivity index is 2.59. The van der Waals surface area contributed by atoms with Crippen molar-refractivity contribution in [3.05, 3.63) is 29.8 Å². The fourth-order valence-electron chi connectivity index (χ4n) is 0.797. The molecule has 0 bridgehead atoms. The highest BCUT2D eigenvalue weighted by Gasteiger charge is 1.94. The second kappa shape index (κ2) is 4.57. The highest BCUT2D eigenvalue weighted by Crippen LogP contribution is 2.10. The van der Waals surface area contributed by atoms with E-state index in [-0.39, 0.29) is 6.61 Å². The first-order valence-electron chi connectivity index (χ1n) is 3.68. The second-order valence-corrected chi connectivity index (χ2v) is 2.97. The molecule has 0 saturated carbocycles. The molecular weight excluding hydrogens is 186 g/mol. The Morgan fingerprint density at radius 3 is 2.54 bits per heavy atom. The monoisotopic (exact) mass is 195 g/mol. The van der Waals surface area contributed by atoms with Crippen LogP contribution in [0.4, 0.5) is 0 Å². The summed E-state index contributed by atoms with van der Waals surface area (Å²) in [6, 6.07) is 6.73. The maximum Gasteiger partial charge on any atom is 0.150 e. The summed E-state index contributed by atoms with van der Waals surface area (Å²) >= 11 is 4.64. The molecule has 0 aromatic heterocycles. The lowest BCUT2D eigenvalue weighted by atomic mass is 10.2. The van der Waals surface area contributed by atoms with E-state index >= 15 is 0 Å². The van der Waals surface area contributed by atoms with Gasteiger partial charge in [-0.3, -0.25) is 4.79 Å². The first-order chi connectivity index (χ1) is 6.22. The smallest absolute Gasteiger partial charge is 0.150 e. The molecular formula is C9H9NO2S. The average molecular weight is 195 g/mol. The van der Waals surface area contributed by atoms with Crippen molar-refractivity contribution in [3.63, 3.8) is 0 Å². The van der Waals surface area contributed by atoms with Gasteiger partial charge in [0.05, 0.1) is 0 Å². The van der Waals surface area contributed by atoms with Gasteiger partial charge in [0.25, 0.3) is 0 Å². The number of hydrogen-bond donors (Lipinski definition) is 1. The molecule has 1 aromatic carbocycles.